The lowest BCUT2D eigenvalue weighted by Crippen LogP contribution is -2.22. The number of hydrogen-bond acceptors (Lipinski definition) is 5. The molecule has 0 saturated carbocycles. The van der Waals surface area contributed by atoms with Crippen LogP contribution in [0.25, 0.3) is 10.6 Å². The van der Waals surface area contributed by atoms with Crippen molar-refractivity contribution in [2.24, 2.45) is 0 Å². The first-order chi connectivity index (χ1) is 11.5. The SMILES string of the molecule is Cc1cc([C@H](C)N[C@@H](C)c2sc(-c3cccnc3)nc2C)c(C)o1. The lowest BCUT2D eigenvalue weighted by atomic mass is 10.1. The lowest BCUT2D eigenvalue weighted by Gasteiger charge is -2.19. The van der Waals surface area contributed by atoms with Gasteiger partial charge in [0.2, 0.25) is 0 Å². The largest absolute Gasteiger partial charge is 0.466 e. The van der Waals surface area contributed by atoms with Crippen LogP contribution in [0.1, 0.15) is 53.6 Å². The Morgan fingerprint density at radius 2 is 1.96 bits per heavy atom. The molecule has 3 heterocycles. The van der Waals surface area contributed by atoms with Crippen molar-refractivity contribution in [1.82, 2.24) is 15.3 Å². The predicted molar refractivity (Wildman–Crippen MR) is 98.2 cm³/mol. The lowest BCUT2D eigenvalue weighted by molar-refractivity contribution is 0.470. The third kappa shape index (κ3) is 3.42. The Kier molecular flexibility index (Phi) is 4.83. The third-order valence-corrected chi connectivity index (χ3v) is 5.57. The highest BCUT2D eigenvalue weighted by Gasteiger charge is 2.19. The molecule has 0 unspecified atom stereocenters. The van der Waals surface area contributed by atoms with Gasteiger partial charge in [-0.2, -0.15) is 0 Å². The summed E-state index contributed by atoms with van der Waals surface area (Å²) in [6, 6.07) is 6.55. The molecule has 0 aliphatic carbocycles. The number of rotatable bonds is 5. The van der Waals surface area contributed by atoms with E-state index < -0.39 is 0 Å². The van der Waals surface area contributed by atoms with Gasteiger partial charge in [0.15, 0.2) is 0 Å². The molecule has 24 heavy (non-hydrogen) atoms. The number of pyridine rings is 1. The minimum Gasteiger partial charge on any atom is -0.466 e. The standard InChI is InChI=1S/C19H23N3OS/c1-11-9-17(15(5)23-11)12(2)21-13(3)18-14(4)22-19(24-18)16-7-6-8-20-10-16/h6-10,12-13,21H,1-5H3/t12-,13-/m0/s1. The number of thiazole rings is 1. The van der Waals surface area contributed by atoms with E-state index in [2.05, 4.69) is 37.1 Å². The Bertz CT molecular complexity index is 823. The van der Waals surface area contributed by atoms with Crippen molar-refractivity contribution in [3.05, 3.63) is 58.2 Å². The summed E-state index contributed by atoms with van der Waals surface area (Å²) in [4.78, 5) is 10.2. The molecule has 0 aromatic carbocycles. The third-order valence-electron chi connectivity index (χ3n) is 4.18. The average molecular weight is 341 g/mol. The van der Waals surface area contributed by atoms with E-state index in [4.69, 9.17) is 9.40 Å². The molecule has 126 valence electrons. The van der Waals surface area contributed by atoms with Crippen LogP contribution in [0.2, 0.25) is 0 Å². The Hall–Kier alpha value is -1.98. The minimum atomic E-state index is 0.220. The van der Waals surface area contributed by atoms with Crippen molar-refractivity contribution in [2.75, 3.05) is 0 Å². The highest BCUT2D eigenvalue weighted by atomic mass is 32.1. The maximum atomic E-state index is 5.65. The summed E-state index contributed by atoms with van der Waals surface area (Å²) in [5, 5.41) is 4.69. The summed E-state index contributed by atoms with van der Waals surface area (Å²) in [5.41, 5.74) is 3.36. The minimum absolute atomic E-state index is 0.220. The smallest absolute Gasteiger partial charge is 0.125 e. The first kappa shape index (κ1) is 16.9. The van der Waals surface area contributed by atoms with Gasteiger partial charge in [-0.15, -0.1) is 11.3 Å². The Morgan fingerprint density at radius 3 is 2.58 bits per heavy atom. The van der Waals surface area contributed by atoms with Crippen molar-refractivity contribution in [3.63, 3.8) is 0 Å². The van der Waals surface area contributed by atoms with Crippen molar-refractivity contribution >= 4 is 11.3 Å². The van der Waals surface area contributed by atoms with Gasteiger partial charge < -0.3 is 9.73 Å². The van der Waals surface area contributed by atoms with Gasteiger partial charge in [-0.1, -0.05) is 0 Å². The van der Waals surface area contributed by atoms with Crippen LogP contribution in [-0.2, 0) is 0 Å². The van der Waals surface area contributed by atoms with Crippen LogP contribution >= 0.6 is 11.3 Å². The molecule has 0 aliphatic rings. The maximum absolute atomic E-state index is 5.65. The van der Waals surface area contributed by atoms with E-state index >= 15 is 0 Å². The number of nitrogens with one attached hydrogen (secondary N) is 1. The fraction of sp³-hybridized carbons (Fsp3) is 0.368. The van der Waals surface area contributed by atoms with E-state index in [1.54, 1.807) is 17.5 Å². The van der Waals surface area contributed by atoms with Gasteiger partial charge in [-0.05, 0) is 52.8 Å². The fourth-order valence-corrected chi connectivity index (χ4v) is 4.11. The zero-order valence-corrected chi connectivity index (χ0v) is 15.6. The van der Waals surface area contributed by atoms with Crippen LogP contribution < -0.4 is 5.32 Å². The first-order valence-electron chi connectivity index (χ1n) is 8.16. The number of hydrogen-bond donors (Lipinski definition) is 1. The molecule has 5 heteroatoms. The quantitative estimate of drug-likeness (QED) is 0.698. The summed E-state index contributed by atoms with van der Waals surface area (Å²) in [7, 11) is 0. The van der Waals surface area contributed by atoms with Crippen LogP contribution in [0.5, 0.6) is 0 Å². The monoisotopic (exact) mass is 341 g/mol. The molecule has 3 aromatic heterocycles. The van der Waals surface area contributed by atoms with Crippen LogP contribution in [0, 0.1) is 20.8 Å². The van der Waals surface area contributed by atoms with Gasteiger partial charge in [0.05, 0.1) is 5.69 Å². The van der Waals surface area contributed by atoms with E-state index in [9.17, 15) is 0 Å². The highest BCUT2D eigenvalue weighted by Crippen LogP contribution is 2.33. The van der Waals surface area contributed by atoms with Crippen molar-refractivity contribution in [2.45, 2.75) is 46.7 Å². The predicted octanol–water partition coefficient (Wildman–Crippen LogP) is 5.14. The van der Waals surface area contributed by atoms with Gasteiger partial charge in [-0.3, -0.25) is 4.98 Å². The summed E-state index contributed by atoms with van der Waals surface area (Å²) in [5.74, 6) is 1.94. The zero-order chi connectivity index (χ0) is 17.3. The topological polar surface area (TPSA) is 51.0 Å². The van der Waals surface area contributed by atoms with Gasteiger partial charge in [0, 0.05) is 40.5 Å². The van der Waals surface area contributed by atoms with Gasteiger partial charge in [0.1, 0.15) is 16.5 Å². The molecule has 0 saturated heterocycles. The van der Waals surface area contributed by atoms with Crippen LogP contribution in [0.15, 0.2) is 35.0 Å². The molecule has 3 rings (SSSR count). The summed E-state index contributed by atoms with van der Waals surface area (Å²) in [6.07, 6.45) is 3.65. The highest BCUT2D eigenvalue weighted by molar-refractivity contribution is 7.15. The molecule has 4 nitrogen and oxygen atoms in total. The zero-order valence-electron chi connectivity index (χ0n) is 14.8. The van der Waals surface area contributed by atoms with Crippen molar-refractivity contribution in [1.29, 1.82) is 0 Å². The molecule has 0 amide bonds. The number of aryl methyl sites for hydroxylation is 3. The van der Waals surface area contributed by atoms with Crippen LogP contribution in [0.3, 0.4) is 0 Å². The van der Waals surface area contributed by atoms with E-state index in [0.29, 0.717) is 0 Å². The molecular formula is C19H23N3OS. The van der Waals surface area contributed by atoms with Crippen LogP contribution in [-0.4, -0.2) is 9.97 Å². The molecule has 0 radical (unpaired) electrons. The summed E-state index contributed by atoms with van der Waals surface area (Å²) < 4.78 is 5.65. The Balaban J connectivity index is 1.79. The second-order valence-electron chi connectivity index (χ2n) is 6.19. The summed E-state index contributed by atoms with van der Waals surface area (Å²) >= 11 is 1.73. The van der Waals surface area contributed by atoms with Crippen LogP contribution in [0.4, 0.5) is 0 Å². The van der Waals surface area contributed by atoms with E-state index in [1.807, 2.05) is 32.2 Å². The molecule has 0 spiro atoms. The first-order valence-corrected chi connectivity index (χ1v) is 8.98. The molecular weight excluding hydrogens is 318 g/mol. The normalized spacial score (nSPS) is 13.9. The van der Waals surface area contributed by atoms with Crippen molar-refractivity contribution in [3.8, 4) is 10.6 Å². The molecule has 0 fully saturated rings. The second kappa shape index (κ2) is 6.87. The van der Waals surface area contributed by atoms with Gasteiger partial charge in [0.25, 0.3) is 0 Å². The van der Waals surface area contributed by atoms with E-state index in [1.165, 1.54) is 10.4 Å². The molecule has 0 bridgehead atoms. The summed E-state index contributed by atoms with van der Waals surface area (Å²) in [6.45, 7) is 10.4. The van der Waals surface area contributed by atoms with E-state index in [-0.39, 0.29) is 12.1 Å². The number of furan rings is 1. The Morgan fingerprint density at radius 1 is 1.17 bits per heavy atom. The molecule has 3 aromatic rings. The van der Waals surface area contributed by atoms with Gasteiger partial charge >= 0.3 is 0 Å². The molecule has 2 atom stereocenters. The number of aromatic nitrogens is 2. The average Bonchev–Trinajstić information content (AvgIpc) is 3.10. The van der Waals surface area contributed by atoms with Crippen molar-refractivity contribution < 1.29 is 4.42 Å². The number of nitrogens with zero attached hydrogens (tertiary/aromatic N) is 2. The fourth-order valence-electron chi connectivity index (χ4n) is 3.04. The van der Waals surface area contributed by atoms with Gasteiger partial charge in [-0.25, -0.2) is 4.98 Å². The van der Waals surface area contributed by atoms with E-state index in [0.717, 1.165) is 27.8 Å². The second-order valence-corrected chi connectivity index (χ2v) is 7.22. The Labute approximate surface area is 147 Å². The molecule has 0 aliphatic heterocycles. The maximum Gasteiger partial charge on any atom is 0.125 e. The molecule has 1 N–H and O–H groups in total.